The van der Waals surface area contributed by atoms with Gasteiger partial charge in [-0.25, -0.2) is 14.8 Å². The first-order chi connectivity index (χ1) is 13.5. The summed E-state index contributed by atoms with van der Waals surface area (Å²) >= 11 is 5.90. The van der Waals surface area contributed by atoms with E-state index in [9.17, 15) is 9.90 Å². The van der Waals surface area contributed by atoms with Gasteiger partial charge in [0, 0.05) is 22.0 Å². The first-order valence-corrected chi connectivity index (χ1v) is 9.48. The number of anilines is 1. The monoisotopic (exact) mass is 398 g/mol. The maximum atomic E-state index is 11.8. The van der Waals surface area contributed by atoms with Crippen LogP contribution < -0.4 is 5.32 Å². The molecule has 1 aliphatic carbocycles. The van der Waals surface area contributed by atoms with Crippen LogP contribution in [0.4, 0.5) is 5.82 Å². The number of hydrogen-bond acceptors (Lipinski definition) is 6. The highest BCUT2D eigenvalue weighted by molar-refractivity contribution is 6.30. The highest BCUT2D eigenvalue weighted by Crippen LogP contribution is 2.30. The Morgan fingerprint density at radius 2 is 1.96 bits per heavy atom. The van der Waals surface area contributed by atoms with Crippen LogP contribution in [0, 0.1) is 6.92 Å². The van der Waals surface area contributed by atoms with Crippen LogP contribution in [0.25, 0.3) is 11.3 Å². The molecule has 1 aromatic carbocycles. The summed E-state index contributed by atoms with van der Waals surface area (Å²) in [6.45, 7) is 2.26. The van der Waals surface area contributed by atoms with E-state index in [0.29, 0.717) is 16.4 Å². The molecule has 2 aromatic heterocycles. The molecule has 8 heteroatoms. The second-order valence-electron chi connectivity index (χ2n) is 6.76. The lowest BCUT2D eigenvalue weighted by molar-refractivity contribution is 0.0698. The van der Waals surface area contributed by atoms with Gasteiger partial charge in [-0.05, 0) is 62.4 Å². The lowest BCUT2D eigenvalue weighted by atomic mass is 9.95. The summed E-state index contributed by atoms with van der Waals surface area (Å²) in [5, 5.41) is 17.1. The van der Waals surface area contributed by atoms with Crippen LogP contribution in [0.15, 0.2) is 28.8 Å². The number of carboxylic acid groups (broad SMARTS) is 1. The predicted octanol–water partition coefficient (Wildman–Crippen LogP) is 4.28. The number of fused-ring (bicyclic) bond motifs is 1. The second-order valence-corrected chi connectivity index (χ2v) is 7.19. The molecule has 3 aromatic rings. The minimum atomic E-state index is -1.13. The smallest absolute Gasteiger partial charge is 0.343 e. The van der Waals surface area contributed by atoms with Gasteiger partial charge in [-0.15, -0.1) is 0 Å². The van der Waals surface area contributed by atoms with E-state index >= 15 is 0 Å². The van der Waals surface area contributed by atoms with Crippen molar-refractivity contribution in [3.05, 3.63) is 57.6 Å². The van der Waals surface area contributed by atoms with Gasteiger partial charge in [0.15, 0.2) is 17.1 Å². The molecule has 0 saturated carbocycles. The lowest BCUT2D eigenvalue weighted by Crippen LogP contribution is -2.15. The molecule has 0 saturated heterocycles. The Labute approximate surface area is 166 Å². The van der Waals surface area contributed by atoms with Crippen molar-refractivity contribution in [2.45, 2.75) is 39.2 Å². The number of aryl methyl sites for hydroxylation is 2. The van der Waals surface area contributed by atoms with E-state index in [4.69, 9.17) is 16.1 Å². The maximum Gasteiger partial charge on any atom is 0.343 e. The fourth-order valence-electron chi connectivity index (χ4n) is 3.49. The molecule has 0 bridgehead atoms. The number of hydrogen-bond donors (Lipinski definition) is 2. The molecule has 0 spiro atoms. The lowest BCUT2D eigenvalue weighted by Gasteiger charge is -2.17. The zero-order valence-corrected chi connectivity index (χ0v) is 16.1. The van der Waals surface area contributed by atoms with E-state index in [1.54, 1.807) is 24.3 Å². The average Bonchev–Trinajstić information content (AvgIpc) is 3.11. The Bertz CT molecular complexity index is 1030. The van der Waals surface area contributed by atoms with E-state index in [0.717, 1.165) is 30.7 Å². The molecule has 0 unspecified atom stereocenters. The minimum Gasteiger partial charge on any atom is -0.477 e. The molecule has 7 nitrogen and oxygen atoms in total. The molecule has 2 heterocycles. The van der Waals surface area contributed by atoms with E-state index < -0.39 is 5.97 Å². The van der Waals surface area contributed by atoms with Crippen LogP contribution in [0.2, 0.25) is 5.02 Å². The SMILES string of the molecule is Cc1nc(CNc2noc(-c3ccc(Cl)cc3)c2C(=O)O)nc2c1CCCC2. The van der Waals surface area contributed by atoms with Crippen LogP contribution in [-0.2, 0) is 19.4 Å². The fraction of sp³-hybridized carbons (Fsp3) is 0.300. The summed E-state index contributed by atoms with van der Waals surface area (Å²) in [7, 11) is 0. The summed E-state index contributed by atoms with van der Waals surface area (Å²) < 4.78 is 5.31. The van der Waals surface area contributed by atoms with Crippen molar-refractivity contribution in [3.63, 3.8) is 0 Å². The third-order valence-electron chi connectivity index (χ3n) is 4.86. The molecular weight excluding hydrogens is 380 g/mol. The van der Waals surface area contributed by atoms with Gasteiger partial charge in [0.25, 0.3) is 0 Å². The van der Waals surface area contributed by atoms with E-state index in [2.05, 4.69) is 20.4 Å². The van der Waals surface area contributed by atoms with Crippen LogP contribution in [0.5, 0.6) is 0 Å². The summed E-state index contributed by atoms with van der Waals surface area (Å²) in [5.74, 6) is -0.188. The molecule has 0 atom stereocenters. The highest BCUT2D eigenvalue weighted by atomic mass is 35.5. The molecule has 0 amide bonds. The topological polar surface area (TPSA) is 101 Å². The molecule has 2 N–H and O–H groups in total. The zero-order chi connectivity index (χ0) is 19.7. The summed E-state index contributed by atoms with van der Waals surface area (Å²) in [6, 6.07) is 6.72. The Hall–Kier alpha value is -2.93. The number of nitrogens with one attached hydrogen (secondary N) is 1. The second kappa shape index (κ2) is 7.59. The molecular formula is C20H19ClN4O3. The van der Waals surface area contributed by atoms with Crippen molar-refractivity contribution in [1.82, 2.24) is 15.1 Å². The molecule has 28 heavy (non-hydrogen) atoms. The van der Waals surface area contributed by atoms with Crippen molar-refractivity contribution in [2.24, 2.45) is 0 Å². The van der Waals surface area contributed by atoms with Crippen LogP contribution in [0.1, 0.15) is 46.0 Å². The summed E-state index contributed by atoms with van der Waals surface area (Å²) in [4.78, 5) is 21.0. The Morgan fingerprint density at radius 3 is 2.71 bits per heavy atom. The number of aromatic nitrogens is 3. The number of aromatic carboxylic acids is 1. The normalized spacial score (nSPS) is 13.2. The van der Waals surface area contributed by atoms with Crippen molar-refractivity contribution >= 4 is 23.4 Å². The Kier molecular flexibility index (Phi) is 5.00. The van der Waals surface area contributed by atoms with Crippen LogP contribution in [-0.4, -0.2) is 26.2 Å². The van der Waals surface area contributed by atoms with E-state index in [1.807, 2.05) is 6.92 Å². The Morgan fingerprint density at radius 1 is 1.21 bits per heavy atom. The average molecular weight is 399 g/mol. The zero-order valence-electron chi connectivity index (χ0n) is 15.3. The first-order valence-electron chi connectivity index (χ1n) is 9.11. The number of carboxylic acids is 1. The number of carbonyl (C=O) groups is 1. The third kappa shape index (κ3) is 3.57. The first kappa shape index (κ1) is 18.4. The largest absolute Gasteiger partial charge is 0.477 e. The van der Waals surface area contributed by atoms with Crippen molar-refractivity contribution in [3.8, 4) is 11.3 Å². The van der Waals surface area contributed by atoms with Crippen LogP contribution in [0.3, 0.4) is 0 Å². The number of halogens is 1. The molecule has 144 valence electrons. The van der Waals surface area contributed by atoms with Crippen molar-refractivity contribution in [1.29, 1.82) is 0 Å². The third-order valence-corrected chi connectivity index (χ3v) is 5.11. The number of nitrogens with zero attached hydrogens (tertiary/aromatic N) is 3. The Balaban J connectivity index is 1.60. The van der Waals surface area contributed by atoms with Gasteiger partial charge < -0.3 is 14.9 Å². The summed E-state index contributed by atoms with van der Waals surface area (Å²) in [6.07, 6.45) is 4.28. The predicted molar refractivity (Wildman–Crippen MR) is 105 cm³/mol. The number of benzene rings is 1. The van der Waals surface area contributed by atoms with Crippen molar-refractivity contribution in [2.75, 3.05) is 5.32 Å². The van der Waals surface area contributed by atoms with Gasteiger partial charge in [-0.2, -0.15) is 0 Å². The highest BCUT2D eigenvalue weighted by Gasteiger charge is 2.24. The molecule has 1 aliphatic rings. The molecule has 4 rings (SSSR count). The van der Waals surface area contributed by atoms with Gasteiger partial charge in [0.1, 0.15) is 5.82 Å². The van der Waals surface area contributed by atoms with Gasteiger partial charge in [0.05, 0.1) is 6.54 Å². The van der Waals surface area contributed by atoms with Gasteiger partial charge in [0.2, 0.25) is 0 Å². The molecule has 0 radical (unpaired) electrons. The van der Waals surface area contributed by atoms with Gasteiger partial charge in [-0.1, -0.05) is 16.8 Å². The maximum absolute atomic E-state index is 11.8. The summed E-state index contributed by atoms with van der Waals surface area (Å²) in [5.41, 5.74) is 3.88. The van der Waals surface area contributed by atoms with Gasteiger partial charge >= 0.3 is 5.97 Å². The van der Waals surface area contributed by atoms with Crippen LogP contribution >= 0.6 is 11.6 Å². The van der Waals surface area contributed by atoms with Gasteiger partial charge in [-0.3, -0.25) is 0 Å². The van der Waals surface area contributed by atoms with E-state index in [-0.39, 0.29) is 23.7 Å². The molecule has 0 fully saturated rings. The number of rotatable bonds is 5. The fourth-order valence-corrected chi connectivity index (χ4v) is 3.62. The van der Waals surface area contributed by atoms with E-state index in [1.165, 1.54) is 12.0 Å². The molecule has 0 aliphatic heterocycles. The van der Waals surface area contributed by atoms with Crippen molar-refractivity contribution < 1.29 is 14.4 Å². The standard InChI is InChI=1S/C20H19ClN4O3/c1-11-14-4-2-3-5-15(14)24-16(23-11)10-22-19-17(20(26)27)18(28-25-19)12-6-8-13(21)9-7-12/h6-9H,2-5,10H2,1H3,(H,22,25)(H,26,27). The quantitative estimate of drug-likeness (QED) is 0.661. The minimum absolute atomic E-state index is 0.0306.